The number of carbonyl (C=O) groups is 2. The van der Waals surface area contributed by atoms with Crippen LogP contribution < -0.4 is 16.1 Å². The summed E-state index contributed by atoms with van der Waals surface area (Å²) in [6.07, 6.45) is 5.58. The number of nitrogens with two attached hydrogens (primary N) is 1. The molecule has 1 atom stereocenters. The zero-order valence-electron chi connectivity index (χ0n) is 17.4. The fourth-order valence-corrected chi connectivity index (χ4v) is 4.66. The quantitative estimate of drug-likeness (QED) is 0.540. The maximum atomic E-state index is 14.7. The minimum atomic E-state index is -0.646. The molecule has 3 aliphatic heterocycles. The SMILES string of the molecule is NN1CCC(CCN2CCN(c3cc(F)c(C4CCC(=O)NC4=O)cn3)CC2)CC1. The minimum Gasteiger partial charge on any atom is -0.354 e. The standard InChI is InChI=1S/C21H31FN6O2/c22-18-13-19(24-14-17(18)16-1-2-20(29)25-21(16)30)27-11-9-26(10-12-27)6-3-15-4-7-28(23)8-5-15/h13-16H,1-12,23H2,(H,25,29,30). The number of rotatable bonds is 5. The molecule has 1 aromatic heterocycles. The van der Waals surface area contributed by atoms with E-state index in [1.807, 2.05) is 5.01 Å². The normalized spacial score (nSPS) is 24.9. The number of piperidine rings is 2. The second kappa shape index (κ2) is 9.36. The van der Waals surface area contributed by atoms with E-state index in [1.54, 1.807) is 0 Å². The van der Waals surface area contributed by atoms with Crippen LogP contribution in [0.15, 0.2) is 12.3 Å². The third-order valence-electron chi connectivity index (χ3n) is 6.68. The van der Waals surface area contributed by atoms with E-state index in [0.29, 0.717) is 12.2 Å². The highest BCUT2D eigenvalue weighted by Gasteiger charge is 2.31. The number of hydrogen-bond acceptors (Lipinski definition) is 7. The number of carbonyl (C=O) groups excluding carboxylic acids is 2. The molecule has 4 heterocycles. The van der Waals surface area contributed by atoms with Crippen LogP contribution in [-0.4, -0.2) is 72.5 Å². The number of nitrogens with zero attached hydrogens (tertiary/aromatic N) is 4. The van der Waals surface area contributed by atoms with E-state index >= 15 is 0 Å². The Hall–Kier alpha value is -2.10. The lowest BCUT2D eigenvalue weighted by atomic mass is 9.91. The van der Waals surface area contributed by atoms with Gasteiger partial charge in [-0.3, -0.25) is 25.6 Å². The van der Waals surface area contributed by atoms with Gasteiger partial charge in [0.15, 0.2) is 0 Å². The Kier molecular flexibility index (Phi) is 6.60. The molecule has 30 heavy (non-hydrogen) atoms. The van der Waals surface area contributed by atoms with Crippen LogP contribution in [0.1, 0.15) is 43.6 Å². The summed E-state index contributed by atoms with van der Waals surface area (Å²) in [7, 11) is 0. The van der Waals surface area contributed by atoms with Crippen molar-refractivity contribution < 1.29 is 14.0 Å². The molecule has 3 saturated heterocycles. The second-order valence-corrected chi connectivity index (χ2v) is 8.66. The van der Waals surface area contributed by atoms with Crippen molar-refractivity contribution in [3.63, 3.8) is 0 Å². The van der Waals surface area contributed by atoms with E-state index in [0.717, 1.165) is 51.7 Å². The Bertz CT molecular complexity index is 775. The van der Waals surface area contributed by atoms with Gasteiger partial charge >= 0.3 is 0 Å². The number of hydrazine groups is 1. The predicted molar refractivity (Wildman–Crippen MR) is 111 cm³/mol. The fourth-order valence-electron chi connectivity index (χ4n) is 4.66. The summed E-state index contributed by atoms with van der Waals surface area (Å²) in [5, 5.41) is 4.19. The number of anilines is 1. The highest BCUT2D eigenvalue weighted by atomic mass is 19.1. The summed E-state index contributed by atoms with van der Waals surface area (Å²) < 4.78 is 14.7. The summed E-state index contributed by atoms with van der Waals surface area (Å²) in [6, 6.07) is 1.43. The van der Waals surface area contributed by atoms with E-state index < -0.39 is 17.6 Å². The molecule has 0 saturated carbocycles. The first kappa shape index (κ1) is 21.1. The average Bonchev–Trinajstić information content (AvgIpc) is 2.74. The predicted octanol–water partition coefficient (Wildman–Crippen LogP) is 0.839. The molecule has 8 nitrogen and oxygen atoms in total. The van der Waals surface area contributed by atoms with Crippen LogP contribution >= 0.6 is 0 Å². The van der Waals surface area contributed by atoms with Gasteiger partial charge in [0.2, 0.25) is 11.8 Å². The Morgan fingerprint density at radius 3 is 2.50 bits per heavy atom. The lowest BCUT2D eigenvalue weighted by molar-refractivity contribution is -0.134. The Morgan fingerprint density at radius 1 is 1.10 bits per heavy atom. The van der Waals surface area contributed by atoms with E-state index in [4.69, 9.17) is 5.84 Å². The maximum Gasteiger partial charge on any atom is 0.234 e. The van der Waals surface area contributed by atoms with E-state index in [9.17, 15) is 14.0 Å². The largest absolute Gasteiger partial charge is 0.354 e. The molecule has 3 fully saturated rings. The summed E-state index contributed by atoms with van der Waals surface area (Å²) in [5.74, 6) is 5.39. The van der Waals surface area contributed by atoms with Gasteiger partial charge in [-0.25, -0.2) is 14.4 Å². The van der Waals surface area contributed by atoms with Crippen LogP contribution in [0.3, 0.4) is 0 Å². The molecule has 0 aliphatic carbocycles. The van der Waals surface area contributed by atoms with Gasteiger partial charge < -0.3 is 4.90 Å². The number of amides is 2. The third-order valence-corrected chi connectivity index (χ3v) is 6.68. The van der Waals surface area contributed by atoms with Crippen LogP contribution in [0.4, 0.5) is 10.2 Å². The van der Waals surface area contributed by atoms with Crippen molar-refractivity contribution >= 4 is 17.6 Å². The lowest BCUT2D eigenvalue weighted by Crippen LogP contribution is -2.47. The van der Waals surface area contributed by atoms with Crippen LogP contribution in [0, 0.1) is 11.7 Å². The molecule has 1 unspecified atom stereocenters. The lowest BCUT2D eigenvalue weighted by Gasteiger charge is -2.37. The van der Waals surface area contributed by atoms with Gasteiger partial charge in [0.05, 0.1) is 5.92 Å². The zero-order chi connectivity index (χ0) is 21.1. The number of aromatic nitrogens is 1. The molecule has 2 amide bonds. The molecule has 0 radical (unpaired) electrons. The Labute approximate surface area is 176 Å². The summed E-state index contributed by atoms with van der Waals surface area (Å²) in [4.78, 5) is 32.3. The third kappa shape index (κ3) is 4.96. The topological polar surface area (TPSA) is 94.8 Å². The van der Waals surface area contributed by atoms with Crippen molar-refractivity contribution in [1.82, 2.24) is 20.2 Å². The number of nitrogens with one attached hydrogen (secondary N) is 1. The smallest absolute Gasteiger partial charge is 0.234 e. The molecule has 0 spiro atoms. The summed E-state index contributed by atoms with van der Waals surface area (Å²) >= 11 is 0. The van der Waals surface area contributed by atoms with Crippen molar-refractivity contribution in [3.8, 4) is 0 Å². The Balaban J connectivity index is 1.28. The molecule has 9 heteroatoms. The molecule has 3 aliphatic rings. The van der Waals surface area contributed by atoms with Gasteiger partial charge in [-0.15, -0.1) is 0 Å². The Morgan fingerprint density at radius 2 is 1.83 bits per heavy atom. The molecule has 0 aromatic carbocycles. The molecular formula is C21H31FN6O2. The fraction of sp³-hybridized carbons (Fsp3) is 0.667. The van der Waals surface area contributed by atoms with E-state index in [1.165, 1.54) is 31.5 Å². The van der Waals surface area contributed by atoms with Crippen LogP contribution in [-0.2, 0) is 9.59 Å². The van der Waals surface area contributed by atoms with Gasteiger partial charge in [0.25, 0.3) is 0 Å². The summed E-state index contributed by atoms with van der Waals surface area (Å²) in [5.41, 5.74) is 0.269. The number of halogens is 1. The molecule has 164 valence electrons. The minimum absolute atomic E-state index is 0.227. The number of piperazine rings is 1. The van der Waals surface area contributed by atoms with Crippen LogP contribution in [0.25, 0.3) is 0 Å². The van der Waals surface area contributed by atoms with Gasteiger partial charge in [0.1, 0.15) is 11.6 Å². The van der Waals surface area contributed by atoms with Crippen LogP contribution in [0.2, 0.25) is 0 Å². The molecule has 4 rings (SSSR count). The highest BCUT2D eigenvalue weighted by molar-refractivity contribution is 6.00. The zero-order valence-corrected chi connectivity index (χ0v) is 17.4. The number of hydrogen-bond donors (Lipinski definition) is 2. The van der Waals surface area contributed by atoms with Crippen molar-refractivity contribution in [1.29, 1.82) is 0 Å². The van der Waals surface area contributed by atoms with Gasteiger partial charge in [-0.05, 0) is 38.1 Å². The molecule has 3 N–H and O–H groups in total. The number of pyridine rings is 1. The molecule has 0 bridgehead atoms. The monoisotopic (exact) mass is 418 g/mol. The van der Waals surface area contributed by atoms with Gasteiger partial charge in [0, 0.05) is 63.5 Å². The van der Waals surface area contributed by atoms with Crippen molar-refractivity contribution in [3.05, 3.63) is 23.6 Å². The first-order chi connectivity index (χ1) is 14.5. The van der Waals surface area contributed by atoms with Gasteiger partial charge in [-0.1, -0.05) is 0 Å². The van der Waals surface area contributed by atoms with Gasteiger partial charge in [-0.2, -0.15) is 0 Å². The van der Waals surface area contributed by atoms with Crippen molar-refractivity contribution in [2.75, 3.05) is 50.7 Å². The van der Waals surface area contributed by atoms with Crippen LogP contribution in [0.5, 0.6) is 0 Å². The first-order valence-corrected chi connectivity index (χ1v) is 11.0. The average molecular weight is 419 g/mol. The van der Waals surface area contributed by atoms with E-state index in [2.05, 4.69) is 20.1 Å². The second-order valence-electron chi connectivity index (χ2n) is 8.66. The van der Waals surface area contributed by atoms with Crippen molar-refractivity contribution in [2.45, 2.75) is 38.0 Å². The molecule has 1 aromatic rings. The first-order valence-electron chi connectivity index (χ1n) is 11.0. The maximum absolute atomic E-state index is 14.7. The molecular weight excluding hydrogens is 387 g/mol. The summed E-state index contributed by atoms with van der Waals surface area (Å²) in [6.45, 7) is 6.58. The van der Waals surface area contributed by atoms with E-state index in [-0.39, 0.29) is 17.9 Å². The van der Waals surface area contributed by atoms with Crippen molar-refractivity contribution in [2.24, 2.45) is 11.8 Å². The highest BCUT2D eigenvalue weighted by Crippen LogP contribution is 2.28. The number of imide groups is 1.